The predicted octanol–water partition coefficient (Wildman–Crippen LogP) is -0.475. The van der Waals surface area contributed by atoms with E-state index in [1.807, 2.05) is 5.32 Å². The molecular weight excluding hydrogens is 299 g/mol. The zero-order valence-electron chi connectivity index (χ0n) is 10.4. The van der Waals surface area contributed by atoms with Crippen molar-refractivity contribution in [3.05, 3.63) is 24.3 Å². The summed E-state index contributed by atoms with van der Waals surface area (Å²) in [5.74, 6) is -1.50. The van der Waals surface area contributed by atoms with Crippen molar-refractivity contribution in [2.45, 2.75) is 11.3 Å². The number of imide groups is 2. The van der Waals surface area contributed by atoms with E-state index in [2.05, 4.69) is 0 Å². The molecule has 2 rings (SSSR count). The smallest absolute Gasteiger partial charge is 0.282 e. The van der Waals surface area contributed by atoms with Crippen molar-refractivity contribution in [2.24, 2.45) is 0 Å². The topological polar surface area (TPSA) is 121 Å². The maximum atomic E-state index is 11.6. The zero-order chi connectivity index (χ0) is 14.2. The molecule has 1 aliphatic heterocycles. The summed E-state index contributed by atoms with van der Waals surface area (Å²) in [6.45, 7) is 0. The van der Waals surface area contributed by atoms with Crippen molar-refractivity contribution in [1.29, 1.82) is 0 Å². The number of amides is 4. The van der Waals surface area contributed by atoms with E-state index in [0.717, 1.165) is 12.1 Å². The first-order chi connectivity index (χ1) is 8.79. The van der Waals surface area contributed by atoms with Crippen molar-refractivity contribution in [2.75, 3.05) is 4.90 Å². The molecule has 0 atom stereocenters. The van der Waals surface area contributed by atoms with Gasteiger partial charge in [-0.25, -0.2) is 9.69 Å². The minimum absolute atomic E-state index is 0. The number of barbiturate groups is 1. The SMILES string of the molecule is O=C1CC(=O)N(c2cccc(S(=O)(=O)O)c2)C(=O)N1.[Na]. The van der Waals surface area contributed by atoms with Crippen LogP contribution in [0.1, 0.15) is 6.42 Å². The Morgan fingerprint density at radius 3 is 2.40 bits per heavy atom. The Morgan fingerprint density at radius 1 is 1.20 bits per heavy atom. The quantitative estimate of drug-likeness (QED) is 0.433. The maximum absolute atomic E-state index is 11.6. The van der Waals surface area contributed by atoms with Gasteiger partial charge < -0.3 is 0 Å². The van der Waals surface area contributed by atoms with Crippen LogP contribution in [0.3, 0.4) is 0 Å². The fourth-order valence-electron chi connectivity index (χ4n) is 1.59. The monoisotopic (exact) mass is 307 g/mol. The molecule has 1 radical (unpaired) electrons. The molecule has 1 heterocycles. The third kappa shape index (κ3) is 3.44. The Labute approximate surface area is 136 Å². The van der Waals surface area contributed by atoms with Gasteiger partial charge in [0.25, 0.3) is 10.1 Å². The normalized spacial score (nSPS) is 15.7. The molecule has 1 saturated heterocycles. The van der Waals surface area contributed by atoms with Gasteiger partial charge in [-0.2, -0.15) is 8.42 Å². The van der Waals surface area contributed by atoms with Gasteiger partial charge in [0.1, 0.15) is 6.42 Å². The molecule has 0 saturated carbocycles. The molecule has 4 amide bonds. The number of anilines is 1. The summed E-state index contributed by atoms with van der Waals surface area (Å²) < 4.78 is 30.9. The van der Waals surface area contributed by atoms with Crippen LogP contribution in [0.5, 0.6) is 0 Å². The standard InChI is InChI=1S/C10H8N2O6S.Na/c13-8-5-9(14)12(10(15)11-8)6-2-1-3-7(4-6)19(16,17)18;/h1-4H,5H2,(H,11,13,15)(H,16,17,18);. The number of nitrogens with one attached hydrogen (secondary N) is 1. The van der Waals surface area contributed by atoms with Crippen LogP contribution in [0.15, 0.2) is 29.2 Å². The molecule has 0 aliphatic carbocycles. The molecule has 0 spiro atoms. The number of nitrogens with zero attached hydrogens (tertiary/aromatic N) is 1. The molecule has 0 bridgehead atoms. The van der Waals surface area contributed by atoms with Crippen molar-refractivity contribution in [3.8, 4) is 0 Å². The average Bonchev–Trinajstić information content (AvgIpc) is 2.26. The molecule has 2 N–H and O–H groups in total. The second kappa shape index (κ2) is 6.02. The third-order valence-corrected chi connectivity index (χ3v) is 3.23. The number of hydrogen-bond donors (Lipinski definition) is 2. The van der Waals surface area contributed by atoms with E-state index in [9.17, 15) is 22.8 Å². The first kappa shape index (κ1) is 16.8. The number of urea groups is 1. The summed E-state index contributed by atoms with van der Waals surface area (Å²) in [6.07, 6.45) is -0.512. The Hall–Kier alpha value is -1.26. The first-order valence-corrected chi connectivity index (χ1v) is 6.47. The van der Waals surface area contributed by atoms with Gasteiger partial charge in [0.15, 0.2) is 0 Å². The van der Waals surface area contributed by atoms with Gasteiger partial charge in [0.2, 0.25) is 11.8 Å². The minimum atomic E-state index is -4.45. The molecule has 8 nitrogen and oxygen atoms in total. The maximum Gasteiger partial charge on any atom is 0.335 e. The fourth-order valence-corrected chi connectivity index (χ4v) is 2.11. The van der Waals surface area contributed by atoms with Gasteiger partial charge in [-0.15, -0.1) is 0 Å². The van der Waals surface area contributed by atoms with Gasteiger partial charge in [0, 0.05) is 29.6 Å². The Morgan fingerprint density at radius 2 is 1.85 bits per heavy atom. The largest absolute Gasteiger partial charge is 0.335 e. The van der Waals surface area contributed by atoms with E-state index < -0.39 is 39.3 Å². The number of benzene rings is 1. The van der Waals surface area contributed by atoms with Gasteiger partial charge in [-0.05, 0) is 18.2 Å². The number of hydrogen-bond acceptors (Lipinski definition) is 5. The summed E-state index contributed by atoms with van der Waals surface area (Å²) in [4.78, 5) is 34.3. The predicted molar refractivity (Wildman–Crippen MR) is 67.7 cm³/mol. The summed E-state index contributed by atoms with van der Waals surface area (Å²) >= 11 is 0. The van der Waals surface area contributed by atoms with Crippen LogP contribution in [-0.2, 0) is 19.7 Å². The summed E-state index contributed by atoms with van der Waals surface area (Å²) in [5, 5.41) is 1.93. The molecule has 101 valence electrons. The van der Waals surface area contributed by atoms with Gasteiger partial charge in [0.05, 0.1) is 10.6 Å². The van der Waals surface area contributed by atoms with Crippen LogP contribution in [0.25, 0.3) is 0 Å². The van der Waals surface area contributed by atoms with Crippen LogP contribution in [0.2, 0.25) is 0 Å². The van der Waals surface area contributed by atoms with E-state index in [1.54, 1.807) is 0 Å². The Kier molecular flexibility index (Phi) is 5.05. The van der Waals surface area contributed by atoms with E-state index in [0.29, 0.717) is 4.90 Å². The molecule has 1 aromatic rings. The number of carbonyl (C=O) groups excluding carboxylic acids is 3. The molecular formula is C10H8N2NaO6S. The van der Waals surface area contributed by atoms with Crippen LogP contribution in [-0.4, -0.2) is 60.4 Å². The molecule has 1 aromatic carbocycles. The van der Waals surface area contributed by atoms with E-state index >= 15 is 0 Å². The van der Waals surface area contributed by atoms with E-state index in [4.69, 9.17) is 4.55 Å². The van der Waals surface area contributed by atoms with Gasteiger partial charge >= 0.3 is 6.03 Å². The molecule has 0 aromatic heterocycles. The van der Waals surface area contributed by atoms with Crippen LogP contribution < -0.4 is 10.2 Å². The Balaban J connectivity index is 0.00000200. The first-order valence-electron chi connectivity index (χ1n) is 5.03. The summed E-state index contributed by atoms with van der Waals surface area (Å²) in [6, 6.07) is 3.67. The van der Waals surface area contributed by atoms with Crippen LogP contribution in [0.4, 0.5) is 10.5 Å². The van der Waals surface area contributed by atoms with Gasteiger partial charge in [-0.1, -0.05) is 6.07 Å². The Bertz CT molecular complexity index is 667. The summed E-state index contributed by atoms with van der Waals surface area (Å²) in [5.41, 5.74) is -0.0508. The molecule has 20 heavy (non-hydrogen) atoms. The van der Waals surface area contributed by atoms with E-state index in [-0.39, 0.29) is 35.2 Å². The average molecular weight is 307 g/mol. The molecule has 10 heteroatoms. The summed E-state index contributed by atoms with van der Waals surface area (Å²) in [7, 11) is -4.45. The fraction of sp³-hybridized carbons (Fsp3) is 0.100. The van der Waals surface area contributed by atoms with Gasteiger partial charge in [-0.3, -0.25) is 19.5 Å². The zero-order valence-corrected chi connectivity index (χ0v) is 13.2. The number of rotatable bonds is 2. The minimum Gasteiger partial charge on any atom is -0.282 e. The third-order valence-electron chi connectivity index (χ3n) is 2.38. The van der Waals surface area contributed by atoms with Crippen molar-refractivity contribution >= 4 is 63.2 Å². The number of carbonyl (C=O) groups is 3. The second-order valence-corrected chi connectivity index (χ2v) is 5.15. The second-order valence-electron chi connectivity index (χ2n) is 3.73. The molecule has 0 unspecified atom stereocenters. The van der Waals surface area contributed by atoms with E-state index in [1.165, 1.54) is 12.1 Å². The molecule has 1 aliphatic rings. The van der Waals surface area contributed by atoms with Crippen molar-refractivity contribution in [1.82, 2.24) is 5.32 Å². The van der Waals surface area contributed by atoms with Crippen molar-refractivity contribution < 1.29 is 27.4 Å². The van der Waals surface area contributed by atoms with Crippen LogP contribution in [0, 0.1) is 0 Å². The van der Waals surface area contributed by atoms with Crippen LogP contribution >= 0.6 is 0 Å². The molecule has 1 fully saturated rings. The van der Waals surface area contributed by atoms with Crippen molar-refractivity contribution in [3.63, 3.8) is 0 Å².